The molecular weight excluding hydrogens is 277 g/mol. The molecule has 1 unspecified atom stereocenters. The van der Waals surface area contributed by atoms with E-state index in [9.17, 15) is 19.8 Å². The van der Waals surface area contributed by atoms with Gasteiger partial charge in [0.2, 0.25) is 5.91 Å². The predicted molar refractivity (Wildman–Crippen MR) is 60.5 cm³/mol. The van der Waals surface area contributed by atoms with Gasteiger partial charge in [-0.1, -0.05) is 0 Å². The van der Waals surface area contributed by atoms with E-state index in [1.807, 2.05) is 0 Å². The summed E-state index contributed by atoms with van der Waals surface area (Å²) < 4.78 is 11.1. The minimum Gasteiger partial charge on any atom is -0.545 e. The zero-order valence-electron chi connectivity index (χ0n) is 11.9. The first-order valence-electron chi connectivity index (χ1n) is 5.95. The van der Waals surface area contributed by atoms with Gasteiger partial charge in [-0.05, 0) is 19.9 Å². The Morgan fingerprint density at radius 2 is 2.00 bits per heavy atom. The second-order valence-electron chi connectivity index (χ2n) is 5.15. The minimum atomic E-state index is -1.42. The first-order valence-corrected chi connectivity index (χ1v) is 5.95. The number of ether oxygens (including phenoxy) is 2. The molecule has 2 aliphatic rings. The van der Waals surface area contributed by atoms with E-state index in [-0.39, 0.29) is 41.0 Å². The topological polar surface area (TPSA) is 108 Å². The number of aliphatic hydroxyl groups excluding tert-OH is 1. The Morgan fingerprint density at radius 3 is 2.50 bits per heavy atom. The van der Waals surface area contributed by atoms with Crippen LogP contribution in [0.15, 0.2) is 11.6 Å². The number of amides is 1. The molecule has 1 heterocycles. The van der Waals surface area contributed by atoms with Gasteiger partial charge in [0, 0.05) is 12.5 Å². The van der Waals surface area contributed by atoms with E-state index in [1.165, 1.54) is 6.92 Å². The van der Waals surface area contributed by atoms with Crippen molar-refractivity contribution in [2.24, 2.45) is 0 Å². The van der Waals surface area contributed by atoms with E-state index < -0.39 is 36.1 Å². The largest absolute Gasteiger partial charge is 1.00 e. The Kier molecular flexibility index (Phi) is 5.40. The first-order chi connectivity index (χ1) is 8.71. The summed E-state index contributed by atoms with van der Waals surface area (Å²) in [6.45, 7) is 4.57. The second kappa shape index (κ2) is 6.13. The SMILES string of the molecule is CC(=O)N[C@@H]1[C@H](O)C=C(C(=O)[O-])C2OC(C)(C)O[C@H]21.[Na+]. The summed E-state index contributed by atoms with van der Waals surface area (Å²) in [5.74, 6) is -2.76. The summed E-state index contributed by atoms with van der Waals surface area (Å²) in [5, 5.41) is 23.6. The zero-order valence-corrected chi connectivity index (χ0v) is 13.9. The molecule has 20 heavy (non-hydrogen) atoms. The van der Waals surface area contributed by atoms with Gasteiger partial charge in [-0.15, -0.1) is 0 Å². The molecule has 0 aromatic heterocycles. The number of hydrogen-bond acceptors (Lipinski definition) is 6. The van der Waals surface area contributed by atoms with Crippen molar-refractivity contribution in [2.75, 3.05) is 0 Å². The average molecular weight is 293 g/mol. The molecule has 1 aliphatic heterocycles. The fraction of sp³-hybridized carbons (Fsp3) is 0.667. The monoisotopic (exact) mass is 293 g/mol. The number of hydrogen-bond donors (Lipinski definition) is 2. The number of aliphatic carboxylic acids is 1. The molecule has 4 atom stereocenters. The minimum absolute atomic E-state index is 0. The molecule has 1 aliphatic carbocycles. The standard InChI is InChI=1S/C12H17NO6.Na/c1-5(14)13-8-7(15)4-6(11(16)17)9-10(8)19-12(2,3)18-9;/h4,7-10,15H,1-3H3,(H,13,14)(H,16,17);/q;+1/p-1/t7-,8-,9?,10+;/m1./s1. The Hall–Kier alpha value is -0.440. The van der Waals surface area contributed by atoms with Crippen molar-refractivity contribution in [1.82, 2.24) is 5.32 Å². The molecule has 0 radical (unpaired) electrons. The van der Waals surface area contributed by atoms with E-state index >= 15 is 0 Å². The molecule has 0 saturated carbocycles. The van der Waals surface area contributed by atoms with Crippen molar-refractivity contribution in [3.63, 3.8) is 0 Å². The predicted octanol–water partition coefficient (Wildman–Crippen LogP) is -4.93. The molecule has 0 spiro atoms. The van der Waals surface area contributed by atoms with E-state index in [0.717, 1.165) is 6.08 Å². The number of carboxylic acids is 1. The maximum Gasteiger partial charge on any atom is 1.00 e. The Labute approximate surface area is 138 Å². The third kappa shape index (κ3) is 3.41. The van der Waals surface area contributed by atoms with Crippen LogP contribution in [-0.2, 0) is 19.1 Å². The number of carbonyl (C=O) groups is 2. The molecule has 1 saturated heterocycles. The maximum absolute atomic E-state index is 11.2. The van der Waals surface area contributed by atoms with Gasteiger partial charge in [-0.25, -0.2) is 0 Å². The summed E-state index contributed by atoms with van der Waals surface area (Å²) in [6, 6.07) is -0.757. The molecule has 0 aromatic carbocycles. The summed E-state index contributed by atoms with van der Waals surface area (Å²) in [5.41, 5.74) is -0.162. The average Bonchev–Trinajstić information content (AvgIpc) is 2.56. The molecular formula is C12H16NNaO6. The number of nitrogens with one attached hydrogen (secondary N) is 1. The van der Waals surface area contributed by atoms with Crippen LogP contribution in [0.1, 0.15) is 20.8 Å². The van der Waals surface area contributed by atoms with Gasteiger partial charge in [0.15, 0.2) is 5.79 Å². The van der Waals surface area contributed by atoms with Crippen LogP contribution in [0.5, 0.6) is 0 Å². The van der Waals surface area contributed by atoms with E-state index in [4.69, 9.17) is 9.47 Å². The molecule has 0 aromatic rings. The van der Waals surface area contributed by atoms with Crippen LogP contribution in [0.25, 0.3) is 0 Å². The quantitative estimate of drug-likeness (QED) is 0.494. The van der Waals surface area contributed by atoms with Crippen molar-refractivity contribution < 1.29 is 58.8 Å². The van der Waals surface area contributed by atoms with Crippen molar-refractivity contribution >= 4 is 11.9 Å². The molecule has 8 heteroatoms. The van der Waals surface area contributed by atoms with Crippen molar-refractivity contribution in [1.29, 1.82) is 0 Å². The van der Waals surface area contributed by atoms with Crippen LogP contribution in [0.4, 0.5) is 0 Å². The van der Waals surface area contributed by atoms with E-state index in [1.54, 1.807) is 13.8 Å². The Bertz CT molecular complexity index is 449. The van der Waals surface area contributed by atoms with Gasteiger partial charge in [-0.3, -0.25) is 4.79 Å². The third-order valence-electron chi connectivity index (χ3n) is 3.11. The second-order valence-corrected chi connectivity index (χ2v) is 5.15. The van der Waals surface area contributed by atoms with Gasteiger partial charge in [0.1, 0.15) is 12.2 Å². The number of rotatable bonds is 2. The van der Waals surface area contributed by atoms with Crippen LogP contribution < -0.4 is 40.0 Å². The molecule has 0 bridgehead atoms. The normalized spacial score (nSPS) is 34.5. The number of fused-ring (bicyclic) bond motifs is 1. The summed E-state index contributed by atoms with van der Waals surface area (Å²) in [7, 11) is 0. The molecule has 1 fully saturated rings. The van der Waals surface area contributed by atoms with Gasteiger partial charge in [0.05, 0.1) is 18.1 Å². The molecule has 106 valence electrons. The fourth-order valence-corrected chi connectivity index (χ4v) is 2.46. The molecule has 2 N–H and O–H groups in total. The number of carboxylic acid groups (broad SMARTS) is 1. The smallest absolute Gasteiger partial charge is 0.545 e. The fourth-order valence-electron chi connectivity index (χ4n) is 2.46. The molecule has 7 nitrogen and oxygen atoms in total. The van der Waals surface area contributed by atoms with Crippen LogP contribution >= 0.6 is 0 Å². The first kappa shape index (κ1) is 17.6. The van der Waals surface area contributed by atoms with Crippen molar-refractivity contribution in [3.8, 4) is 0 Å². The Morgan fingerprint density at radius 1 is 1.40 bits per heavy atom. The van der Waals surface area contributed by atoms with Crippen molar-refractivity contribution in [3.05, 3.63) is 11.6 Å². The number of carbonyl (C=O) groups excluding carboxylic acids is 2. The van der Waals surface area contributed by atoms with E-state index in [2.05, 4.69) is 5.32 Å². The van der Waals surface area contributed by atoms with Crippen LogP contribution in [0.2, 0.25) is 0 Å². The van der Waals surface area contributed by atoms with E-state index in [0.29, 0.717) is 0 Å². The number of aliphatic hydroxyl groups is 1. The van der Waals surface area contributed by atoms with Crippen LogP contribution in [-0.4, -0.2) is 47.1 Å². The van der Waals surface area contributed by atoms with Crippen molar-refractivity contribution in [2.45, 2.75) is 50.9 Å². The molecule has 2 rings (SSSR count). The van der Waals surface area contributed by atoms with Gasteiger partial charge >= 0.3 is 29.6 Å². The van der Waals surface area contributed by atoms with Gasteiger partial charge < -0.3 is 29.8 Å². The van der Waals surface area contributed by atoms with Gasteiger partial charge in [-0.2, -0.15) is 0 Å². The van der Waals surface area contributed by atoms with Gasteiger partial charge in [0.25, 0.3) is 0 Å². The summed E-state index contributed by atoms with van der Waals surface area (Å²) in [4.78, 5) is 22.2. The summed E-state index contributed by atoms with van der Waals surface area (Å²) in [6.07, 6.45) is -1.69. The third-order valence-corrected chi connectivity index (χ3v) is 3.11. The summed E-state index contributed by atoms with van der Waals surface area (Å²) >= 11 is 0. The van der Waals surface area contributed by atoms with Crippen LogP contribution in [0.3, 0.4) is 0 Å². The molecule has 1 amide bonds. The maximum atomic E-state index is 11.2. The van der Waals surface area contributed by atoms with Crippen LogP contribution in [0, 0.1) is 0 Å². The Balaban J connectivity index is 0.00000200. The zero-order chi connectivity index (χ0) is 14.4.